The Balaban J connectivity index is 2.28. The fourth-order valence-electron chi connectivity index (χ4n) is 1.98. The van der Waals surface area contributed by atoms with Gasteiger partial charge in [0.25, 0.3) is 0 Å². The van der Waals surface area contributed by atoms with E-state index < -0.39 is 0 Å². The highest BCUT2D eigenvalue weighted by Gasteiger charge is 2.39. The lowest BCUT2D eigenvalue weighted by Gasteiger charge is -2.19. The molecular weight excluding hydrogens is 232 g/mol. The minimum absolute atomic E-state index is 0.0611. The predicted molar refractivity (Wildman–Crippen MR) is 69.1 cm³/mol. The third-order valence-electron chi connectivity index (χ3n) is 2.79. The molecule has 2 amide bonds. The van der Waals surface area contributed by atoms with Crippen molar-refractivity contribution in [2.24, 2.45) is 5.92 Å². The number of likely N-dealkylation sites (tertiary alicyclic amines) is 1. The zero-order valence-electron chi connectivity index (χ0n) is 11.7. The van der Waals surface area contributed by atoms with Gasteiger partial charge in [-0.25, -0.2) is 0 Å². The van der Waals surface area contributed by atoms with Crippen molar-refractivity contribution in [1.82, 2.24) is 10.2 Å². The Bertz CT molecular complexity index is 303. The lowest BCUT2D eigenvalue weighted by Crippen LogP contribution is -2.42. The number of carbonyl (C=O) groups is 2. The van der Waals surface area contributed by atoms with Crippen molar-refractivity contribution in [2.75, 3.05) is 19.8 Å². The van der Waals surface area contributed by atoms with Crippen LogP contribution in [0.15, 0.2) is 0 Å². The van der Waals surface area contributed by atoms with E-state index in [1.165, 1.54) is 4.90 Å². The molecule has 5 heteroatoms. The molecule has 0 bridgehead atoms. The van der Waals surface area contributed by atoms with Gasteiger partial charge in [0.05, 0.1) is 19.1 Å². The molecule has 0 saturated carbocycles. The van der Waals surface area contributed by atoms with Crippen molar-refractivity contribution in [2.45, 2.75) is 46.2 Å². The molecule has 0 aromatic rings. The van der Waals surface area contributed by atoms with Crippen LogP contribution < -0.4 is 5.32 Å². The van der Waals surface area contributed by atoms with Crippen LogP contribution in [0, 0.1) is 5.92 Å². The van der Waals surface area contributed by atoms with Gasteiger partial charge in [-0.1, -0.05) is 13.8 Å². The van der Waals surface area contributed by atoms with Gasteiger partial charge in [0.1, 0.15) is 0 Å². The highest BCUT2D eigenvalue weighted by atomic mass is 16.5. The zero-order chi connectivity index (χ0) is 13.7. The third-order valence-corrected chi connectivity index (χ3v) is 2.79. The average Bonchev–Trinajstić information content (AvgIpc) is 2.53. The van der Waals surface area contributed by atoms with Crippen LogP contribution in [-0.2, 0) is 14.3 Å². The zero-order valence-corrected chi connectivity index (χ0v) is 11.7. The monoisotopic (exact) mass is 256 g/mol. The summed E-state index contributed by atoms with van der Waals surface area (Å²) < 4.78 is 5.42. The molecule has 0 aliphatic carbocycles. The molecule has 0 spiro atoms. The van der Waals surface area contributed by atoms with Gasteiger partial charge >= 0.3 is 0 Å². The molecule has 1 atom stereocenters. The number of amides is 2. The van der Waals surface area contributed by atoms with Crippen molar-refractivity contribution in [3.05, 3.63) is 0 Å². The Hall–Kier alpha value is -0.940. The largest absolute Gasteiger partial charge is 0.380 e. The van der Waals surface area contributed by atoms with Crippen LogP contribution in [0.5, 0.6) is 0 Å². The third kappa shape index (κ3) is 4.07. The fourth-order valence-corrected chi connectivity index (χ4v) is 1.98. The lowest BCUT2D eigenvalue weighted by atomic mass is 10.2. The number of rotatable bonds is 7. The van der Waals surface area contributed by atoms with E-state index in [9.17, 15) is 9.59 Å². The second-order valence-electron chi connectivity index (χ2n) is 5.38. The Labute approximate surface area is 109 Å². The molecule has 1 aliphatic rings. The first-order valence-corrected chi connectivity index (χ1v) is 6.60. The van der Waals surface area contributed by atoms with Gasteiger partial charge in [-0.05, 0) is 19.8 Å². The van der Waals surface area contributed by atoms with Crippen molar-refractivity contribution < 1.29 is 14.3 Å². The van der Waals surface area contributed by atoms with E-state index in [1.54, 1.807) is 0 Å². The van der Waals surface area contributed by atoms with Gasteiger partial charge in [0.2, 0.25) is 11.8 Å². The van der Waals surface area contributed by atoms with Crippen LogP contribution in [-0.4, -0.2) is 48.6 Å². The number of imide groups is 1. The van der Waals surface area contributed by atoms with E-state index in [1.807, 2.05) is 13.8 Å². The molecule has 0 aromatic heterocycles. The summed E-state index contributed by atoms with van der Waals surface area (Å²) in [6.45, 7) is 9.77. The van der Waals surface area contributed by atoms with Crippen LogP contribution in [0.25, 0.3) is 0 Å². The standard InChI is InChI=1S/C13H24N2O3/c1-9(2)8-18-6-5-14-11-7-12(16)15(10(3)4)13(11)17/h9-11,14H,5-8H2,1-4H3. The van der Waals surface area contributed by atoms with Gasteiger partial charge in [-0.15, -0.1) is 0 Å². The van der Waals surface area contributed by atoms with Crippen LogP contribution in [0.3, 0.4) is 0 Å². The number of hydrogen-bond acceptors (Lipinski definition) is 4. The summed E-state index contributed by atoms with van der Waals surface area (Å²) in [5.41, 5.74) is 0. The normalized spacial score (nSPS) is 20.6. The molecule has 1 unspecified atom stereocenters. The maximum atomic E-state index is 11.9. The molecule has 0 radical (unpaired) electrons. The number of ether oxygens (including phenoxy) is 1. The fraction of sp³-hybridized carbons (Fsp3) is 0.846. The van der Waals surface area contributed by atoms with Crippen molar-refractivity contribution in [3.63, 3.8) is 0 Å². The molecule has 5 nitrogen and oxygen atoms in total. The van der Waals surface area contributed by atoms with Gasteiger partial charge in [0, 0.05) is 19.2 Å². The highest BCUT2D eigenvalue weighted by Crippen LogP contribution is 2.15. The minimum atomic E-state index is -0.373. The number of hydrogen-bond donors (Lipinski definition) is 1. The van der Waals surface area contributed by atoms with Crippen LogP contribution in [0.1, 0.15) is 34.1 Å². The summed E-state index contributed by atoms with van der Waals surface area (Å²) in [5.74, 6) is 0.311. The van der Waals surface area contributed by atoms with Gasteiger partial charge in [-0.2, -0.15) is 0 Å². The molecule has 104 valence electrons. The first kappa shape index (κ1) is 15.1. The van der Waals surface area contributed by atoms with E-state index in [0.717, 1.165) is 6.61 Å². The molecule has 1 saturated heterocycles. The van der Waals surface area contributed by atoms with E-state index in [2.05, 4.69) is 19.2 Å². The topological polar surface area (TPSA) is 58.6 Å². The highest BCUT2D eigenvalue weighted by molar-refractivity contribution is 6.05. The maximum absolute atomic E-state index is 11.9. The lowest BCUT2D eigenvalue weighted by molar-refractivity contribution is -0.140. The van der Waals surface area contributed by atoms with Crippen molar-refractivity contribution in [3.8, 4) is 0 Å². The predicted octanol–water partition coefficient (Wildman–Crippen LogP) is 0.785. The van der Waals surface area contributed by atoms with E-state index >= 15 is 0 Å². The van der Waals surface area contributed by atoms with E-state index in [-0.39, 0.29) is 30.3 Å². The van der Waals surface area contributed by atoms with E-state index in [0.29, 0.717) is 19.1 Å². The van der Waals surface area contributed by atoms with Crippen molar-refractivity contribution in [1.29, 1.82) is 0 Å². The van der Waals surface area contributed by atoms with Crippen molar-refractivity contribution >= 4 is 11.8 Å². The summed E-state index contributed by atoms with van der Waals surface area (Å²) in [4.78, 5) is 24.9. The molecule has 0 aromatic carbocycles. The number of carbonyl (C=O) groups excluding carboxylic acids is 2. The first-order chi connectivity index (χ1) is 8.43. The number of nitrogens with one attached hydrogen (secondary N) is 1. The Kier molecular flexibility index (Phi) is 5.75. The minimum Gasteiger partial charge on any atom is -0.380 e. The van der Waals surface area contributed by atoms with Crippen LogP contribution >= 0.6 is 0 Å². The van der Waals surface area contributed by atoms with Crippen LogP contribution in [0.4, 0.5) is 0 Å². The molecule has 1 aliphatic heterocycles. The van der Waals surface area contributed by atoms with E-state index in [4.69, 9.17) is 4.74 Å². The summed E-state index contributed by atoms with van der Waals surface area (Å²) in [6, 6.07) is -0.434. The quantitative estimate of drug-likeness (QED) is 0.540. The van der Waals surface area contributed by atoms with Gasteiger partial charge in [-0.3, -0.25) is 14.5 Å². The second kappa shape index (κ2) is 6.85. The molecule has 18 heavy (non-hydrogen) atoms. The smallest absolute Gasteiger partial charge is 0.247 e. The summed E-state index contributed by atoms with van der Waals surface area (Å²) in [5, 5.41) is 3.08. The number of nitrogens with zero attached hydrogens (tertiary/aromatic N) is 1. The van der Waals surface area contributed by atoms with Crippen LogP contribution in [0.2, 0.25) is 0 Å². The molecule has 1 rings (SSSR count). The Morgan fingerprint density at radius 1 is 1.33 bits per heavy atom. The SMILES string of the molecule is CC(C)COCCNC1CC(=O)N(C(C)C)C1=O. The summed E-state index contributed by atoms with van der Waals surface area (Å²) in [7, 11) is 0. The maximum Gasteiger partial charge on any atom is 0.247 e. The molecule has 1 N–H and O–H groups in total. The first-order valence-electron chi connectivity index (χ1n) is 6.60. The van der Waals surface area contributed by atoms with Gasteiger partial charge < -0.3 is 10.1 Å². The molecule has 1 heterocycles. The second-order valence-corrected chi connectivity index (χ2v) is 5.38. The summed E-state index contributed by atoms with van der Waals surface area (Å²) in [6.07, 6.45) is 0.265. The molecular formula is C13H24N2O3. The molecule has 1 fully saturated rings. The Morgan fingerprint density at radius 3 is 2.50 bits per heavy atom. The average molecular weight is 256 g/mol. The Morgan fingerprint density at radius 2 is 2.00 bits per heavy atom. The summed E-state index contributed by atoms with van der Waals surface area (Å²) >= 11 is 0. The van der Waals surface area contributed by atoms with Gasteiger partial charge in [0.15, 0.2) is 0 Å².